The van der Waals surface area contributed by atoms with Gasteiger partial charge in [0.1, 0.15) is 17.3 Å². The monoisotopic (exact) mass is 560 g/mol. The summed E-state index contributed by atoms with van der Waals surface area (Å²) in [6.07, 6.45) is 0. The summed E-state index contributed by atoms with van der Waals surface area (Å²) in [6.45, 7) is 9.00. The van der Waals surface area contributed by atoms with Crippen molar-refractivity contribution in [3.05, 3.63) is 52.1 Å². The number of nitrogens with zero attached hydrogens (tertiary/aromatic N) is 2. The molecule has 0 saturated heterocycles. The Kier molecular flexibility index (Phi) is 9.18. The number of rotatable bonds is 8. The van der Waals surface area contributed by atoms with Crippen LogP contribution in [0.3, 0.4) is 0 Å². The SMILES string of the molecule is Br.CCOc1cc2c(cc1C(=O)NC)C(=N)N(CC(=O)c1cc(N(C)C)c(OC)c(C(C)(C)C)c1)C2. The predicted octanol–water partition coefficient (Wildman–Crippen LogP) is 4.42. The minimum atomic E-state index is -0.275. The van der Waals surface area contributed by atoms with Gasteiger partial charge in [0.05, 0.1) is 31.5 Å². The molecule has 0 aromatic heterocycles. The minimum Gasteiger partial charge on any atom is -0.494 e. The summed E-state index contributed by atoms with van der Waals surface area (Å²) in [5, 5.41) is 11.3. The standard InChI is InChI=1S/C27H36N4O4.BrH/c1-9-35-23-12-17-14-31(25(28)18(17)13-19(23)26(33)29-5)15-22(32)16-10-20(27(2,3)4)24(34-8)21(11-16)30(6)7;/h10-13,28H,9,14-15H2,1-8H3,(H,29,33);1H. The van der Waals surface area contributed by atoms with Gasteiger partial charge in [-0.1, -0.05) is 20.8 Å². The van der Waals surface area contributed by atoms with Crippen LogP contribution in [0.2, 0.25) is 0 Å². The molecule has 9 heteroatoms. The molecule has 8 nitrogen and oxygen atoms in total. The van der Waals surface area contributed by atoms with Crippen LogP contribution in [-0.2, 0) is 12.0 Å². The number of carbonyl (C=O) groups excluding carboxylic acids is 2. The van der Waals surface area contributed by atoms with E-state index in [1.807, 2.05) is 38.1 Å². The molecular weight excluding hydrogens is 524 g/mol. The number of hydrogen-bond donors (Lipinski definition) is 2. The summed E-state index contributed by atoms with van der Waals surface area (Å²) in [6, 6.07) is 7.23. The first-order valence-electron chi connectivity index (χ1n) is 11.7. The highest BCUT2D eigenvalue weighted by Crippen LogP contribution is 2.40. The molecule has 2 aromatic carbocycles. The second kappa shape index (κ2) is 11.3. The van der Waals surface area contributed by atoms with Gasteiger partial charge in [-0.3, -0.25) is 15.0 Å². The second-order valence-corrected chi connectivity index (χ2v) is 9.87. The van der Waals surface area contributed by atoms with E-state index in [0.717, 1.165) is 22.6 Å². The molecule has 1 aliphatic heterocycles. The first-order valence-corrected chi connectivity index (χ1v) is 11.7. The van der Waals surface area contributed by atoms with E-state index >= 15 is 0 Å². The molecule has 1 aliphatic rings. The molecule has 2 aromatic rings. The molecule has 1 heterocycles. The summed E-state index contributed by atoms with van der Waals surface area (Å²) in [7, 11) is 7.05. The van der Waals surface area contributed by atoms with Crippen molar-refractivity contribution in [2.75, 3.05) is 46.3 Å². The van der Waals surface area contributed by atoms with Crippen LogP contribution >= 0.6 is 17.0 Å². The third kappa shape index (κ3) is 5.67. The van der Waals surface area contributed by atoms with Gasteiger partial charge >= 0.3 is 0 Å². The molecule has 0 unspecified atom stereocenters. The van der Waals surface area contributed by atoms with E-state index in [-0.39, 0.29) is 46.5 Å². The van der Waals surface area contributed by atoms with Crippen LogP contribution in [-0.4, -0.2) is 63.8 Å². The normalized spacial score (nSPS) is 12.6. The number of hydrogen-bond acceptors (Lipinski definition) is 6. The van der Waals surface area contributed by atoms with Crippen LogP contribution in [0.1, 0.15) is 65.1 Å². The molecular formula is C27H37BrN4O4. The van der Waals surface area contributed by atoms with Gasteiger partial charge in [-0.2, -0.15) is 0 Å². The fourth-order valence-corrected chi connectivity index (χ4v) is 4.29. The quantitative estimate of drug-likeness (QED) is 0.464. The zero-order chi connectivity index (χ0) is 26.1. The van der Waals surface area contributed by atoms with Gasteiger partial charge in [-0.15, -0.1) is 17.0 Å². The molecule has 0 spiro atoms. The van der Waals surface area contributed by atoms with Crippen molar-refractivity contribution in [3.8, 4) is 11.5 Å². The molecule has 0 bridgehead atoms. The Morgan fingerprint density at radius 3 is 2.36 bits per heavy atom. The highest BCUT2D eigenvalue weighted by Gasteiger charge is 2.30. The molecule has 0 saturated carbocycles. The first kappa shape index (κ1) is 29.2. The fraction of sp³-hybridized carbons (Fsp3) is 0.444. The Hall–Kier alpha value is -3.07. The lowest BCUT2D eigenvalue weighted by Crippen LogP contribution is -2.30. The van der Waals surface area contributed by atoms with Gasteiger partial charge < -0.3 is 24.6 Å². The number of ether oxygens (including phenoxy) is 2. The smallest absolute Gasteiger partial charge is 0.254 e. The Morgan fingerprint density at radius 1 is 1.17 bits per heavy atom. The number of carbonyl (C=O) groups is 2. The highest BCUT2D eigenvalue weighted by molar-refractivity contribution is 8.93. The third-order valence-corrected chi connectivity index (χ3v) is 6.13. The zero-order valence-electron chi connectivity index (χ0n) is 22.4. The summed E-state index contributed by atoms with van der Waals surface area (Å²) >= 11 is 0. The first-order chi connectivity index (χ1) is 16.4. The lowest BCUT2D eigenvalue weighted by molar-refractivity contribution is 0.0953. The van der Waals surface area contributed by atoms with E-state index in [2.05, 4.69) is 26.1 Å². The second-order valence-electron chi connectivity index (χ2n) is 9.87. The van der Waals surface area contributed by atoms with Crippen LogP contribution in [0.5, 0.6) is 11.5 Å². The van der Waals surface area contributed by atoms with E-state index < -0.39 is 0 Å². The molecule has 0 atom stereocenters. The molecule has 2 N–H and O–H groups in total. The fourth-order valence-electron chi connectivity index (χ4n) is 4.29. The Morgan fingerprint density at radius 2 is 1.83 bits per heavy atom. The van der Waals surface area contributed by atoms with E-state index in [1.54, 1.807) is 31.2 Å². The van der Waals surface area contributed by atoms with Crippen LogP contribution in [0.4, 0.5) is 5.69 Å². The molecule has 1 amide bonds. The average Bonchev–Trinajstić information content (AvgIpc) is 3.10. The van der Waals surface area contributed by atoms with Crippen molar-refractivity contribution >= 4 is 40.2 Å². The average molecular weight is 562 g/mol. The predicted molar refractivity (Wildman–Crippen MR) is 149 cm³/mol. The lowest BCUT2D eigenvalue weighted by Gasteiger charge is -2.27. The van der Waals surface area contributed by atoms with E-state index in [1.165, 1.54) is 0 Å². The van der Waals surface area contributed by atoms with E-state index in [4.69, 9.17) is 14.9 Å². The van der Waals surface area contributed by atoms with Crippen LogP contribution in [0, 0.1) is 5.41 Å². The van der Waals surface area contributed by atoms with Gasteiger partial charge in [0.15, 0.2) is 5.78 Å². The number of anilines is 1. The summed E-state index contributed by atoms with van der Waals surface area (Å²) in [5.41, 5.74) is 4.01. The lowest BCUT2D eigenvalue weighted by atomic mass is 9.84. The minimum absolute atomic E-state index is 0. The number of fused-ring (bicyclic) bond motifs is 1. The maximum absolute atomic E-state index is 13.5. The number of methoxy groups -OCH3 is 1. The number of benzene rings is 2. The van der Waals surface area contributed by atoms with Gasteiger partial charge in [-0.05, 0) is 42.2 Å². The maximum Gasteiger partial charge on any atom is 0.254 e. The van der Waals surface area contributed by atoms with Crippen molar-refractivity contribution < 1.29 is 19.1 Å². The van der Waals surface area contributed by atoms with Crippen LogP contribution in [0.15, 0.2) is 24.3 Å². The number of amides is 1. The highest BCUT2D eigenvalue weighted by atomic mass is 79.9. The Balaban J connectivity index is 0.00000456. The van der Waals surface area contributed by atoms with Gasteiger partial charge in [0.25, 0.3) is 5.91 Å². The molecule has 0 fully saturated rings. The van der Waals surface area contributed by atoms with Crippen LogP contribution < -0.4 is 19.7 Å². The Labute approximate surface area is 224 Å². The van der Waals surface area contributed by atoms with Crippen LogP contribution in [0.25, 0.3) is 0 Å². The van der Waals surface area contributed by atoms with Gasteiger partial charge in [0.2, 0.25) is 0 Å². The molecule has 36 heavy (non-hydrogen) atoms. The van der Waals surface area contributed by atoms with Crippen molar-refractivity contribution in [2.45, 2.75) is 39.7 Å². The summed E-state index contributed by atoms with van der Waals surface area (Å²) in [5.74, 6) is 1.09. The van der Waals surface area contributed by atoms with E-state index in [0.29, 0.717) is 35.6 Å². The van der Waals surface area contributed by atoms with Crippen molar-refractivity contribution in [1.82, 2.24) is 10.2 Å². The molecule has 0 aliphatic carbocycles. The van der Waals surface area contributed by atoms with E-state index in [9.17, 15) is 9.59 Å². The van der Waals surface area contributed by atoms with Gasteiger partial charge in [0, 0.05) is 44.4 Å². The van der Waals surface area contributed by atoms with Crippen molar-refractivity contribution in [1.29, 1.82) is 5.41 Å². The number of Topliss-reactive ketones (excluding diaryl/α,β-unsaturated/α-hetero) is 1. The van der Waals surface area contributed by atoms with Crippen molar-refractivity contribution in [3.63, 3.8) is 0 Å². The summed E-state index contributed by atoms with van der Waals surface area (Å²) < 4.78 is 11.4. The Bertz CT molecular complexity index is 1170. The largest absolute Gasteiger partial charge is 0.494 e. The molecule has 3 rings (SSSR count). The number of amidine groups is 1. The number of halogens is 1. The molecule has 0 radical (unpaired) electrons. The molecule has 196 valence electrons. The topological polar surface area (TPSA) is 95.0 Å². The number of nitrogens with one attached hydrogen (secondary N) is 2. The third-order valence-electron chi connectivity index (χ3n) is 6.13. The van der Waals surface area contributed by atoms with Crippen molar-refractivity contribution in [2.24, 2.45) is 0 Å². The maximum atomic E-state index is 13.5. The van der Waals surface area contributed by atoms with Gasteiger partial charge in [-0.25, -0.2) is 0 Å². The zero-order valence-corrected chi connectivity index (χ0v) is 24.1. The number of ketones is 1. The summed E-state index contributed by atoms with van der Waals surface area (Å²) in [4.78, 5) is 29.5.